The van der Waals surface area contributed by atoms with Crippen LogP contribution in [0.15, 0.2) is 48.5 Å². The van der Waals surface area contributed by atoms with E-state index in [1.54, 1.807) is 13.0 Å². The molecule has 4 heteroatoms. The number of rotatable bonds is 3. The maximum absolute atomic E-state index is 12.9. The van der Waals surface area contributed by atoms with E-state index in [-0.39, 0.29) is 12.4 Å². The van der Waals surface area contributed by atoms with Gasteiger partial charge in [0.2, 0.25) is 0 Å². The lowest BCUT2D eigenvalue weighted by molar-refractivity contribution is -0.139. The van der Waals surface area contributed by atoms with Crippen molar-refractivity contribution < 1.29 is 17.9 Å². The molecule has 0 radical (unpaired) electrons. The Morgan fingerprint density at radius 3 is 2.26 bits per heavy atom. The van der Waals surface area contributed by atoms with Gasteiger partial charge in [0.1, 0.15) is 12.4 Å². The van der Waals surface area contributed by atoms with Crippen LogP contribution in [0.3, 0.4) is 0 Å². The molecule has 100 valence electrons. The van der Waals surface area contributed by atoms with Crippen molar-refractivity contribution in [3.05, 3.63) is 65.2 Å². The second-order valence-electron chi connectivity index (χ2n) is 4.22. The lowest BCUT2D eigenvalue weighted by atomic mass is 10.1. The molecule has 0 aromatic heterocycles. The number of alkyl halides is 3. The van der Waals surface area contributed by atoms with E-state index in [2.05, 4.69) is 0 Å². The van der Waals surface area contributed by atoms with E-state index in [9.17, 15) is 13.2 Å². The molecule has 0 fully saturated rings. The van der Waals surface area contributed by atoms with Crippen molar-refractivity contribution in [2.24, 2.45) is 0 Å². The topological polar surface area (TPSA) is 9.23 Å². The fourth-order valence-electron chi connectivity index (χ4n) is 1.80. The van der Waals surface area contributed by atoms with Crippen molar-refractivity contribution in [2.45, 2.75) is 19.7 Å². The van der Waals surface area contributed by atoms with Crippen LogP contribution in [0.2, 0.25) is 0 Å². The Bertz CT molecular complexity index is 547. The molecule has 2 rings (SSSR count). The fraction of sp³-hybridized carbons (Fsp3) is 0.200. The summed E-state index contributed by atoms with van der Waals surface area (Å²) in [4.78, 5) is 0. The highest BCUT2D eigenvalue weighted by atomic mass is 19.4. The molecule has 1 nitrogen and oxygen atoms in total. The van der Waals surface area contributed by atoms with Gasteiger partial charge in [-0.25, -0.2) is 0 Å². The summed E-state index contributed by atoms with van der Waals surface area (Å²) in [5.41, 5.74) is 0.577. The zero-order valence-electron chi connectivity index (χ0n) is 10.4. The lowest BCUT2D eigenvalue weighted by Gasteiger charge is -2.16. The van der Waals surface area contributed by atoms with Crippen LogP contribution in [-0.4, -0.2) is 0 Å². The smallest absolute Gasteiger partial charge is 0.419 e. The molecule has 0 aliphatic heterocycles. The molecule has 0 N–H and O–H groups in total. The zero-order chi connectivity index (χ0) is 13.9. The molecule has 0 aliphatic carbocycles. The molecule has 2 aromatic rings. The van der Waals surface area contributed by atoms with E-state index in [1.165, 1.54) is 6.07 Å². The molecule has 0 atom stereocenters. The number of ether oxygens (including phenoxy) is 1. The average Bonchev–Trinajstić information content (AvgIpc) is 2.37. The second-order valence-corrected chi connectivity index (χ2v) is 4.22. The van der Waals surface area contributed by atoms with Crippen LogP contribution in [0.4, 0.5) is 13.2 Å². The van der Waals surface area contributed by atoms with E-state index < -0.39 is 11.7 Å². The van der Waals surface area contributed by atoms with Gasteiger partial charge in [-0.2, -0.15) is 13.2 Å². The second kappa shape index (κ2) is 5.34. The molecule has 0 heterocycles. The summed E-state index contributed by atoms with van der Waals surface area (Å²) in [5.74, 6) is -0.0983. The molecular weight excluding hydrogens is 253 g/mol. The third kappa shape index (κ3) is 3.28. The molecular formula is C15H13F3O. The minimum absolute atomic E-state index is 0.0983. The summed E-state index contributed by atoms with van der Waals surface area (Å²) in [6, 6.07) is 13.1. The van der Waals surface area contributed by atoms with Gasteiger partial charge in [-0.05, 0) is 24.1 Å². The molecule has 0 spiro atoms. The summed E-state index contributed by atoms with van der Waals surface area (Å²) in [7, 11) is 0. The Morgan fingerprint density at radius 2 is 1.63 bits per heavy atom. The molecule has 0 unspecified atom stereocenters. The first kappa shape index (κ1) is 13.5. The summed E-state index contributed by atoms with van der Waals surface area (Å²) in [6.45, 7) is 1.73. The molecule has 19 heavy (non-hydrogen) atoms. The summed E-state index contributed by atoms with van der Waals surface area (Å²) in [6.07, 6.45) is -4.40. The monoisotopic (exact) mass is 266 g/mol. The standard InChI is InChI=1S/C15H13F3O/c1-11-6-5-9-13(15(16,17)18)14(11)19-10-12-7-3-2-4-8-12/h2-9H,10H2,1H3. The molecule has 0 saturated carbocycles. The van der Waals surface area contributed by atoms with Gasteiger partial charge in [0.05, 0.1) is 5.56 Å². The summed E-state index contributed by atoms with van der Waals surface area (Å²) in [5, 5.41) is 0. The highest BCUT2D eigenvalue weighted by Crippen LogP contribution is 2.38. The van der Waals surface area contributed by atoms with Crippen LogP contribution < -0.4 is 4.74 Å². The minimum Gasteiger partial charge on any atom is -0.488 e. The van der Waals surface area contributed by atoms with Crippen LogP contribution in [0, 0.1) is 6.92 Å². The fourth-order valence-corrected chi connectivity index (χ4v) is 1.80. The SMILES string of the molecule is Cc1cccc(C(F)(F)F)c1OCc1ccccc1. The van der Waals surface area contributed by atoms with Crippen LogP contribution in [0.25, 0.3) is 0 Å². The predicted octanol–water partition coefficient (Wildman–Crippen LogP) is 4.59. The maximum Gasteiger partial charge on any atom is 0.419 e. The molecule has 0 saturated heterocycles. The molecule has 2 aromatic carbocycles. The van der Waals surface area contributed by atoms with Crippen molar-refractivity contribution >= 4 is 0 Å². The minimum atomic E-state index is -4.40. The van der Waals surface area contributed by atoms with Crippen molar-refractivity contribution in [1.82, 2.24) is 0 Å². The van der Waals surface area contributed by atoms with Crippen molar-refractivity contribution in [2.75, 3.05) is 0 Å². The largest absolute Gasteiger partial charge is 0.488 e. The van der Waals surface area contributed by atoms with Gasteiger partial charge in [-0.3, -0.25) is 0 Å². The van der Waals surface area contributed by atoms with Crippen molar-refractivity contribution in [3.8, 4) is 5.75 Å². The van der Waals surface area contributed by atoms with E-state index in [0.29, 0.717) is 5.56 Å². The third-order valence-electron chi connectivity index (χ3n) is 2.74. The Labute approximate surface area is 109 Å². The van der Waals surface area contributed by atoms with Gasteiger partial charge >= 0.3 is 6.18 Å². The summed E-state index contributed by atoms with van der Waals surface area (Å²) >= 11 is 0. The van der Waals surface area contributed by atoms with Crippen LogP contribution in [0.1, 0.15) is 16.7 Å². The first-order chi connectivity index (χ1) is 8.98. The van der Waals surface area contributed by atoms with E-state index in [1.807, 2.05) is 30.3 Å². The maximum atomic E-state index is 12.9. The zero-order valence-corrected chi connectivity index (χ0v) is 10.4. The van der Waals surface area contributed by atoms with Gasteiger partial charge in [-0.1, -0.05) is 42.5 Å². The number of halogens is 3. The predicted molar refractivity (Wildman–Crippen MR) is 67.0 cm³/mol. The van der Waals surface area contributed by atoms with Crippen molar-refractivity contribution in [3.63, 3.8) is 0 Å². The first-order valence-corrected chi connectivity index (χ1v) is 5.82. The lowest BCUT2D eigenvalue weighted by Crippen LogP contribution is -2.09. The Morgan fingerprint density at radius 1 is 0.947 bits per heavy atom. The average molecular weight is 266 g/mol. The number of para-hydroxylation sites is 1. The highest BCUT2D eigenvalue weighted by molar-refractivity contribution is 5.42. The molecule has 0 bridgehead atoms. The number of hydrogen-bond donors (Lipinski definition) is 0. The van der Waals surface area contributed by atoms with Gasteiger partial charge in [0.15, 0.2) is 0 Å². The van der Waals surface area contributed by atoms with Gasteiger partial charge < -0.3 is 4.74 Å². The number of aryl methyl sites for hydroxylation is 1. The Hall–Kier alpha value is -1.97. The van der Waals surface area contributed by atoms with E-state index in [4.69, 9.17) is 4.74 Å². The number of benzene rings is 2. The normalized spacial score (nSPS) is 11.4. The Balaban J connectivity index is 2.25. The molecule has 0 aliphatic rings. The quantitative estimate of drug-likeness (QED) is 0.789. The van der Waals surface area contributed by atoms with Crippen LogP contribution >= 0.6 is 0 Å². The Kier molecular flexibility index (Phi) is 3.79. The molecule has 0 amide bonds. The van der Waals surface area contributed by atoms with E-state index in [0.717, 1.165) is 11.6 Å². The highest BCUT2D eigenvalue weighted by Gasteiger charge is 2.34. The van der Waals surface area contributed by atoms with E-state index >= 15 is 0 Å². The van der Waals surface area contributed by atoms with Gasteiger partial charge in [-0.15, -0.1) is 0 Å². The number of hydrogen-bond acceptors (Lipinski definition) is 1. The van der Waals surface area contributed by atoms with Gasteiger partial charge in [0.25, 0.3) is 0 Å². The van der Waals surface area contributed by atoms with Crippen molar-refractivity contribution in [1.29, 1.82) is 0 Å². The van der Waals surface area contributed by atoms with Crippen LogP contribution in [0.5, 0.6) is 5.75 Å². The first-order valence-electron chi connectivity index (χ1n) is 5.82. The third-order valence-corrected chi connectivity index (χ3v) is 2.74. The van der Waals surface area contributed by atoms with Gasteiger partial charge in [0, 0.05) is 0 Å². The van der Waals surface area contributed by atoms with Crippen LogP contribution in [-0.2, 0) is 12.8 Å². The summed E-state index contributed by atoms with van der Waals surface area (Å²) < 4.78 is 44.0.